The average Bonchev–Trinajstić information content (AvgIpc) is 3.22. The zero-order valence-electron chi connectivity index (χ0n) is 16.9. The second-order valence-electron chi connectivity index (χ2n) is 6.88. The van der Waals surface area contributed by atoms with Crippen molar-refractivity contribution in [3.05, 3.63) is 87.0 Å². The predicted octanol–water partition coefficient (Wildman–Crippen LogP) is 3.56. The van der Waals surface area contributed by atoms with Gasteiger partial charge in [0.25, 0.3) is 11.2 Å². The molecular weight excluding hydrogens is 455 g/mol. The van der Waals surface area contributed by atoms with Gasteiger partial charge in [0.1, 0.15) is 5.69 Å². The summed E-state index contributed by atoms with van der Waals surface area (Å²) in [4.78, 5) is 23.4. The summed E-state index contributed by atoms with van der Waals surface area (Å²) in [5.74, 6) is 0. The van der Waals surface area contributed by atoms with Crippen LogP contribution in [-0.4, -0.2) is 32.8 Å². The summed E-state index contributed by atoms with van der Waals surface area (Å²) in [6.07, 6.45) is 3.51. The van der Waals surface area contributed by atoms with Crippen LogP contribution in [0, 0.1) is 10.1 Å². The molecule has 0 fully saturated rings. The van der Waals surface area contributed by atoms with E-state index in [0.717, 1.165) is 22.0 Å². The Bertz CT molecular complexity index is 1290. The van der Waals surface area contributed by atoms with E-state index in [9.17, 15) is 14.9 Å². The summed E-state index contributed by atoms with van der Waals surface area (Å²) in [5, 5.41) is 22.3. The highest BCUT2D eigenvalue weighted by molar-refractivity contribution is 5.85. The third-order valence-corrected chi connectivity index (χ3v) is 4.83. The molecule has 0 aliphatic heterocycles. The van der Waals surface area contributed by atoms with Gasteiger partial charge in [0.05, 0.1) is 23.2 Å². The normalized spacial score (nSPS) is 10.3. The number of anilines is 1. The first-order valence-electron chi connectivity index (χ1n) is 9.40. The highest BCUT2D eigenvalue weighted by Crippen LogP contribution is 2.26. The van der Waals surface area contributed by atoms with Crippen LogP contribution in [0.15, 0.2) is 65.7 Å². The van der Waals surface area contributed by atoms with E-state index < -0.39 is 4.92 Å². The Morgan fingerprint density at radius 3 is 2.62 bits per heavy atom. The number of aromatic nitrogens is 3. The lowest BCUT2D eigenvalue weighted by molar-refractivity contribution is -0.384. The van der Waals surface area contributed by atoms with Crippen molar-refractivity contribution in [1.29, 1.82) is 0 Å². The molecule has 2 heterocycles. The number of benzene rings is 2. The third-order valence-electron chi connectivity index (χ3n) is 4.83. The van der Waals surface area contributed by atoms with Crippen molar-refractivity contribution in [1.82, 2.24) is 14.8 Å². The van der Waals surface area contributed by atoms with Gasteiger partial charge in [-0.3, -0.25) is 20.0 Å². The van der Waals surface area contributed by atoms with E-state index in [4.69, 9.17) is 5.73 Å². The fourth-order valence-corrected chi connectivity index (χ4v) is 3.32. The van der Waals surface area contributed by atoms with Crippen LogP contribution >= 0.6 is 24.8 Å². The number of nitrogens with two attached hydrogens (primary N) is 1. The number of halogens is 2. The molecular formula is C21H22Cl2N6O3. The molecule has 0 saturated heterocycles. The van der Waals surface area contributed by atoms with Crippen LogP contribution in [0.1, 0.15) is 5.56 Å². The van der Waals surface area contributed by atoms with Gasteiger partial charge in [-0.25, -0.2) is 0 Å². The van der Waals surface area contributed by atoms with E-state index in [1.54, 1.807) is 35.2 Å². The molecule has 2 aromatic heterocycles. The first-order valence-corrected chi connectivity index (χ1v) is 9.40. The molecule has 0 aliphatic rings. The number of nitrogens with zero attached hydrogens (tertiary/aromatic N) is 3. The molecule has 9 nitrogen and oxygen atoms in total. The van der Waals surface area contributed by atoms with Crippen LogP contribution in [0.25, 0.3) is 22.0 Å². The number of fused-ring (bicyclic) bond motifs is 1. The number of hydrogen-bond donors (Lipinski definition) is 3. The first kappa shape index (κ1) is 24.9. The van der Waals surface area contributed by atoms with E-state index in [-0.39, 0.29) is 42.6 Å². The second-order valence-corrected chi connectivity index (χ2v) is 6.88. The Morgan fingerprint density at radius 2 is 1.88 bits per heavy atom. The first-order chi connectivity index (χ1) is 14.5. The van der Waals surface area contributed by atoms with Gasteiger partial charge in [-0.05, 0) is 34.9 Å². The molecule has 4 N–H and O–H groups in total. The van der Waals surface area contributed by atoms with Crippen molar-refractivity contribution >= 4 is 47.1 Å². The van der Waals surface area contributed by atoms with Crippen molar-refractivity contribution in [2.75, 3.05) is 18.4 Å². The molecule has 0 aliphatic carbocycles. The highest BCUT2D eigenvalue weighted by Gasteiger charge is 2.15. The Morgan fingerprint density at radius 1 is 1.09 bits per heavy atom. The van der Waals surface area contributed by atoms with E-state index in [1.807, 2.05) is 18.2 Å². The SMILES string of the molecule is Cl.Cl.NCCNc1ccc(Cn2cc(-c3ccc4cn[nH]c4c3)ccc2=O)cc1[N+](=O)[O-]. The largest absolute Gasteiger partial charge is 0.378 e. The molecule has 0 bridgehead atoms. The molecule has 0 unspecified atom stereocenters. The Balaban J connectivity index is 0.00000181. The summed E-state index contributed by atoms with van der Waals surface area (Å²) >= 11 is 0. The number of aromatic amines is 1. The second kappa shape index (κ2) is 10.8. The third kappa shape index (κ3) is 5.25. The number of nitro benzene ring substituents is 1. The lowest BCUT2D eigenvalue weighted by Crippen LogP contribution is -2.19. The summed E-state index contributed by atoms with van der Waals surface area (Å²) in [5.41, 5.74) is 9.00. The van der Waals surface area contributed by atoms with Gasteiger partial charge in [0.2, 0.25) is 0 Å². The van der Waals surface area contributed by atoms with Crippen LogP contribution in [0.5, 0.6) is 0 Å². The fraction of sp³-hybridized carbons (Fsp3) is 0.143. The Hall–Kier alpha value is -3.40. The summed E-state index contributed by atoms with van der Waals surface area (Å²) in [6, 6.07) is 14.0. The topological polar surface area (TPSA) is 132 Å². The predicted molar refractivity (Wildman–Crippen MR) is 130 cm³/mol. The number of H-pyrrole nitrogens is 1. The summed E-state index contributed by atoms with van der Waals surface area (Å²) < 4.78 is 1.54. The number of rotatable bonds is 7. The van der Waals surface area contributed by atoms with Gasteiger partial charge < -0.3 is 15.6 Å². The number of pyridine rings is 1. The van der Waals surface area contributed by atoms with Crippen LogP contribution < -0.4 is 16.6 Å². The molecule has 168 valence electrons. The minimum Gasteiger partial charge on any atom is -0.378 e. The van der Waals surface area contributed by atoms with Crippen molar-refractivity contribution in [2.24, 2.45) is 5.73 Å². The quantitative estimate of drug-likeness (QED) is 0.276. The van der Waals surface area contributed by atoms with Crippen LogP contribution in [0.3, 0.4) is 0 Å². The maximum absolute atomic E-state index is 12.4. The standard InChI is InChI=1S/C21H20N6O3.2ClH/c22-7-8-23-18-5-1-14(9-20(18)27(29)30)12-26-13-17(4-6-21(26)28)15-2-3-16-11-24-25-19(16)10-15;;/h1-6,9-11,13,23H,7-8,12,22H2,(H,24,25);2*1H. The average molecular weight is 477 g/mol. The van der Waals surface area contributed by atoms with Crippen molar-refractivity contribution in [3.63, 3.8) is 0 Å². The van der Waals surface area contributed by atoms with E-state index in [2.05, 4.69) is 15.5 Å². The van der Waals surface area contributed by atoms with Crippen molar-refractivity contribution in [2.45, 2.75) is 6.54 Å². The maximum Gasteiger partial charge on any atom is 0.292 e. The minimum absolute atomic E-state index is 0. The summed E-state index contributed by atoms with van der Waals surface area (Å²) in [6.45, 7) is 1.02. The van der Waals surface area contributed by atoms with E-state index >= 15 is 0 Å². The molecule has 4 rings (SSSR count). The van der Waals surface area contributed by atoms with Crippen molar-refractivity contribution < 1.29 is 4.92 Å². The van der Waals surface area contributed by atoms with Crippen LogP contribution in [0.4, 0.5) is 11.4 Å². The minimum atomic E-state index is -0.443. The molecule has 32 heavy (non-hydrogen) atoms. The molecule has 4 aromatic rings. The highest BCUT2D eigenvalue weighted by atomic mass is 35.5. The Kier molecular flexibility index (Phi) is 8.36. The Labute approximate surface area is 195 Å². The zero-order valence-corrected chi connectivity index (χ0v) is 18.5. The molecule has 11 heteroatoms. The number of nitrogens with one attached hydrogen (secondary N) is 2. The molecule has 0 radical (unpaired) electrons. The smallest absolute Gasteiger partial charge is 0.292 e. The maximum atomic E-state index is 12.4. The van der Waals surface area contributed by atoms with E-state index in [1.165, 1.54) is 12.1 Å². The fourth-order valence-electron chi connectivity index (χ4n) is 3.32. The molecule has 0 spiro atoms. The summed E-state index contributed by atoms with van der Waals surface area (Å²) in [7, 11) is 0. The van der Waals surface area contributed by atoms with Gasteiger partial charge in [-0.2, -0.15) is 5.10 Å². The van der Waals surface area contributed by atoms with Gasteiger partial charge in [0, 0.05) is 36.8 Å². The van der Waals surface area contributed by atoms with Crippen molar-refractivity contribution in [3.8, 4) is 11.1 Å². The number of nitro groups is 1. The van der Waals surface area contributed by atoms with E-state index in [0.29, 0.717) is 24.3 Å². The molecule has 0 amide bonds. The van der Waals surface area contributed by atoms with Gasteiger partial charge in [-0.15, -0.1) is 24.8 Å². The molecule has 0 saturated carbocycles. The van der Waals surface area contributed by atoms with Gasteiger partial charge in [0.15, 0.2) is 0 Å². The number of hydrogen-bond acceptors (Lipinski definition) is 6. The van der Waals surface area contributed by atoms with Gasteiger partial charge >= 0.3 is 0 Å². The van der Waals surface area contributed by atoms with Crippen LogP contribution in [0.2, 0.25) is 0 Å². The van der Waals surface area contributed by atoms with Gasteiger partial charge in [-0.1, -0.05) is 18.2 Å². The molecule has 0 atom stereocenters. The monoisotopic (exact) mass is 476 g/mol. The lowest BCUT2D eigenvalue weighted by Gasteiger charge is -2.11. The molecule has 2 aromatic carbocycles. The lowest BCUT2D eigenvalue weighted by atomic mass is 10.1. The van der Waals surface area contributed by atoms with Crippen LogP contribution in [-0.2, 0) is 6.54 Å². The zero-order chi connectivity index (χ0) is 21.1.